The SMILES string of the molecule is Clc1nc(C2CSCCS2)nc2c1CCCCC2. The van der Waals surface area contributed by atoms with E-state index in [1.807, 2.05) is 23.5 Å². The fourth-order valence-electron chi connectivity index (χ4n) is 2.52. The third kappa shape index (κ3) is 2.81. The normalized spacial score (nSPS) is 24.4. The summed E-state index contributed by atoms with van der Waals surface area (Å²) in [6, 6.07) is 0. The minimum absolute atomic E-state index is 0.440. The number of hydrogen-bond acceptors (Lipinski definition) is 4. The van der Waals surface area contributed by atoms with Crippen molar-refractivity contribution in [2.24, 2.45) is 0 Å². The number of halogens is 1. The van der Waals surface area contributed by atoms with Crippen LogP contribution < -0.4 is 0 Å². The fraction of sp³-hybridized carbons (Fsp3) is 0.692. The zero-order chi connectivity index (χ0) is 12.4. The van der Waals surface area contributed by atoms with Crippen LogP contribution in [0.4, 0.5) is 0 Å². The van der Waals surface area contributed by atoms with Gasteiger partial charge in [0.05, 0.1) is 5.25 Å². The van der Waals surface area contributed by atoms with E-state index in [0.29, 0.717) is 10.4 Å². The summed E-state index contributed by atoms with van der Waals surface area (Å²) in [7, 11) is 0. The minimum Gasteiger partial charge on any atom is -0.236 e. The molecular formula is C13H17ClN2S2. The van der Waals surface area contributed by atoms with Gasteiger partial charge in [-0.1, -0.05) is 18.0 Å². The molecule has 1 saturated heterocycles. The monoisotopic (exact) mass is 300 g/mol. The molecule has 0 N–H and O–H groups in total. The summed E-state index contributed by atoms with van der Waals surface area (Å²) in [5.74, 6) is 4.55. The summed E-state index contributed by atoms with van der Waals surface area (Å²) >= 11 is 10.3. The van der Waals surface area contributed by atoms with Gasteiger partial charge in [-0.05, 0) is 25.7 Å². The van der Waals surface area contributed by atoms with Crippen LogP contribution in [0.1, 0.15) is 41.6 Å². The van der Waals surface area contributed by atoms with Gasteiger partial charge in [-0.15, -0.1) is 11.8 Å². The first-order valence-corrected chi connectivity index (χ1v) is 9.17. The van der Waals surface area contributed by atoms with Gasteiger partial charge in [0, 0.05) is 28.5 Å². The summed E-state index contributed by atoms with van der Waals surface area (Å²) in [4.78, 5) is 9.40. The van der Waals surface area contributed by atoms with Crippen LogP contribution in [0.3, 0.4) is 0 Å². The second kappa shape index (κ2) is 6.02. The second-order valence-electron chi connectivity index (χ2n) is 4.79. The predicted molar refractivity (Wildman–Crippen MR) is 80.8 cm³/mol. The number of rotatable bonds is 1. The van der Waals surface area contributed by atoms with E-state index in [-0.39, 0.29) is 0 Å². The molecule has 0 saturated carbocycles. The van der Waals surface area contributed by atoms with E-state index in [4.69, 9.17) is 16.6 Å². The fourth-order valence-corrected chi connectivity index (χ4v) is 5.41. The molecule has 1 aromatic rings. The van der Waals surface area contributed by atoms with Crippen molar-refractivity contribution in [3.8, 4) is 0 Å². The Morgan fingerprint density at radius 2 is 1.94 bits per heavy atom. The van der Waals surface area contributed by atoms with Crippen molar-refractivity contribution in [1.29, 1.82) is 0 Å². The number of aryl methyl sites for hydroxylation is 1. The lowest BCUT2D eigenvalue weighted by molar-refractivity contribution is 0.708. The van der Waals surface area contributed by atoms with E-state index in [0.717, 1.165) is 24.4 Å². The standard InChI is InChI=1S/C13H17ClN2S2/c14-12-9-4-2-1-3-5-10(9)15-13(16-12)11-8-17-6-7-18-11/h11H,1-8H2. The van der Waals surface area contributed by atoms with Gasteiger partial charge < -0.3 is 0 Å². The third-order valence-corrected chi connectivity index (χ3v) is 6.57. The molecule has 0 aromatic carbocycles. The lowest BCUT2D eigenvalue weighted by atomic mass is 10.1. The number of thioether (sulfide) groups is 2. The molecular weight excluding hydrogens is 284 g/mol. The maximum Gasteiger partial charge on any atom is 0.144 e. The van der Waals surface area contributed by atoms with Crippen LogP contribution in [0.5, 0.6) is 0 Å². The van der Waals surface area contributed by atoms with Crippen LogP contribution in [-0.2, 0) is 12.8 Å². The molecule has 0 radical (unpaired) electrons. The molecule has 0 bridgehead atoms. The molecule has 2 nitrogen and oxygen atoms in total. The Labute approximate surface area is 122 Å². The third-order valence-electron chi connectivity index (χ3n) is 3.50. The van der Waals surface area contributed by atoms with Gasteiger partial charge >= 0.3 is 0 Å². The summed E-state index contributed by atoms with van der Waals surface area (Å²) < 4.78 is 0. The maximum atomic E-state index is 6.37. The molecule has 1 unspecified atom stereocenters. The number of hydrogen-bond donors (Lipinski definition) is 0. The van der Waals surface area contributed by atoms with E-state index >= 15 is 0 Å². The Bertz CT molecular complexity index is 433. The van der Waals surface area contributed by atoms with Crippen LogP contribution in [0.15, 0.2) is 0 Å². The van der Waals surface area contributed by atoms with Gasteiger partial charge in [0.15, 0.2) is 0 Å². The largest absolute Gasteiger partial charge is 0.236 e. The van der Waals surface area contributed by atoms with Crippen molar-refractivity contribution < 1.29 is 0 Å². The lowest BCUT2D eigenvalue weighted by Crippen LogP contribution is -2.13. The van der Waals surface area contributed by atoms with Gasteiger partial charge in [0.1, 0.15) is 11.0 Å². The Morgan fingerprint density at radius 1 is 1.06 bits per heavy atom. The van der Waals surface area contributed by atoms with Crippen molar-refractivity contribution >= 4 is 35.1 Å². The van der Waals surface area contributed by atoms with Crippen LogP contribution in [0, 0.1) is 0 Å². The van der Waals surface area contributed by atoms with Gasteiger partial charge in [-0.2, -0.15) is 11.8 Å². The summed E-state index contributed by atoms with van der Waals surface area (Å²) in [6.45, 7) is 0. The summed E-state index contributed by atoms with van der Waals surface area (Å²) in [6.07, 6.45) is 5.89. The highest BCUT2D eigenvalue weighted by molar-refractivity contribution is 8.06. The zero-order valence-corrected chi connectivity index (χ0v) is 12.7. The first-order chi connectivity index (χ1) is 8.84. The molecule has 0 spiro atoms. The molecule has 1 atom stereocenters. The Kier molecular flexibility index (Phi) is 4.37. The number of aromatic nitrogens is 2. The maximum absolute atomic E-state index is 6.37. The quantitative estimate of drug-likeness (QED) is 0.580. The summed E-state index contributed by atoms with van der Waals surface area (Å²) in [5.41, 5.74) is 2.44. The molecule has 2 heterocycles. The second-order valence-corrected chi connectivity index (χ2v) is 7.61. The Balaban J connectivity index is 1.91. The molecule has 1 fully saturated rings. The van der Waals surface area contributed by atoms with E-state index in [1.54, 1.807) is 0 Å². The predicted octanol–water partition coefficient (Wildman–Crippen LogP) is 3.92. The lowest BCUT2D eigenvalue weighted by Gasteiger charge is -2.21. The number of nitrogens with zero attached hydrogens (tertiary/aromatic N) is 2. The van der Waals surface area contributed by atoms with Crippen molar-refractivity contribution in [3.05, 3.63) is 22.2 Å². The Hall–Kier alpha value is 0.0700. The van der Waals surface area contributed by atoms with Crippen LogP contribution >= 0.6 is 35.1 Å². The van der Waals surface area contributed by atoms with Crippen LogP contribution in [0.25, 0.3) is 0 Å². The van der Waals surface area contributed by atoms with E-state index in [2.05, 4.69) is 4.98 Å². The molecule has 98 valence electrons. The molecule has 1 aliphatic carbocycles. The van der Waals surface area contributed by atoms with Gasteiger partial charge in [-0.25, -0.2) is 9.97 Å². The summed E-state index contributed by atoms with van der Waals surface area (Å²) in [5, 5.41) is 1.16. The first kappa shape index (κ1) is 13.1. The zero-order valence-electron chi connectivity index (χ0n) is 10.3. The molecule has 5 heteroatoms. The Morgan fingerprint density at radius 3 is 2.78 bits per heavy atom. The molecule has 3 rings (SSSR count). The van der Waals surface area contributed by atoms with E-state index in [1.165, 1.54) is 42.0 Å². The van der Waals surface area contributed by atoms with E-state index in [9.17, 15) is 0 Å². The van der Waals surface area contributed by atoms with Crippen LogP contribution in [-0.4, -0.2) is 27.2 Å². The van der Waals surface area contributed by atoms with Crippen molar-refractivity contribution in [2.75, 3.05) is 17.3 Å². The van der Waals surface area contributed by atoms with E-state index < -0.39 is 0 Å². The topological polar surface area (TPSA) is 25.8 Å². The molecule has 18 heavy (non-hydrogen) atoms. The average molecular weight is 301 g/mol. The van der Waals surface area contributed by atoms with Gasteiger partial charge in [0.25, 0.3) is 0 Å². The number of fused-ring (bicyclic) bond motifs is 1. The van der Waals surface area contributed by atoms with Gasteiger partial charge in [0.2, 0.25) is 0 Å². The van der Waals surface area contributed by atoms with Gasteiger partial charge in [-0.3, -0.25) is 0 Å². The van der Waals surface area contributed by atoms with Crippen molar-refractivity contribution in [2.45, 2.75) is 37.4 Å². The molecule has 2 aliphatic rings. The highest BCUT2D eigenvalue weighted by Crippen LogP contribution is 2.36. The highest BCUT2D eigenvalue weighted by atomic mass is 35.5. The molecule has 1 aromatic heterocycles. The van der Waals surface area contributed by atoms with Crippen molar-refractivity contribution in [3.63, 3.8) is 0 Å². The molecule has 0 amide bonds. The van der Waals surface area contributed by atoms with Crippen molar-refractivity contribution in [1.82, 2.24) is 9.97 Å². The molecule has 1 aliphatic heterocycles. The van der Waals surface area contributed by atoms with Crippen LogP contribution in [0.2, 0.25) is 5.15 Å². The smallest absolute Gasteiger partial charge is 0.144 e. The highest BCUT2D eigenvalue weighted by Gasteiger charge is 2.23. The average Bonchev–Trinajstić information content (AvgIpc) is 2.65. The first-order valence-electron chi connectivity index (χ1n) is 6.59. The minimum atomic E-state index is 0.440.